The molecule has 2 atom stereocenters. The van der Waals surface area contributed by atoms with Gasteiger partial charge < -0.3 is 5.32 Å². The van der Waals surface area contributed by atoms with E-state index in [2.05, 4.69) is 27.2 Å². The van der Waals surface area contributed by atoms with Gasteiger partial charge in [0.15, 0.2) is 0 Å². The Morgan fingerprint density at radius 1 is 1.38 bits per heavy atom. The molecule has 1 aliphatic rings. The van der Waals surface area contributed by atoms with Gasteiger partial charge in [0.2, 0.25) is 5.91 Å². The average Bonchev–Trinajstić information content (AvgIpc) is 3.23. The van der Waals surface area contributed by atoms with Crippen LogP contribution in [0.3, 0.4) is 0 Å². The van der Waals surface area contributed by atoms with Crippen molar-refractivity contribution in [2.24, 2.45) is 5.92 Å². The monoisotopic (exact) mass is 344 g/mol. The molecule has 1 aliphatic carbocycles. The molecule has 1 N–H and O–H groups in total. The zero-order valence-electron chi connectivity index (χ0n) is 14.1. The third kappa shape index (κ3) is 4.38. The summed E-state index contributed by atoms with van der Waals surface area (Å²) >= 11 is 1.51. The molecule has 2 aromatic rings. The van der Waals surface area contributed by atoms with E-state index in [9.17, 15) is 4.79 Å². The number of hydrogen-bond acceptors (Lipinski definition) is 5. The standard InChI is InChI=1S/C18H24N4OS/c1-2-3-5-13-6-4-7-15(13)22-17(23)10-14-12-24-18(21-14)16-11-19-8-9-20-16/h8-9,11-13,15H,2-7,10H2,1H3,(H,22,23). The molecule has 1 saturated carbocycles. The van der Waals surface area contributed by atoms with Crippen LogP contribution in [0.4, 0.5) is 0 Å². The molecule has 1 amide bonds. The molecule has 24 heavy (non-hydrogen) atoms. The minimum absolute atomic E-state index is 0.0828. The van der Waals surface area contributed by atoms with Crippen LogP contribution in [0, 0.1) is 5.92 Å². The van der Waals surface area contributed by atoms with Crippen molar-refractivity contribution in [3.63, 3.8) is 0 Å². The first-order valence-corrected chi connectivity index (χ1v) is 9.64. The van der Waals surface area contributed by atoms with Gasteiger partial charge in [0.05, 0.1) is 18.3 Å². The normalized spacial score (nSPS) is 20.2. The summed E-state index contributed by atoms with van der Waals surface area (Å²) in [5.74, 6) is 0.735. The number of nitrogens with zero attached hydrogens (tertiary/aromatic N) is 3. The lowest BCUT2D eigenvalue weighted by atomic mass is 9.96. The Hall–Kier alpha value is -1.82. The molecule has 3 rings (SSSR count). The van der Waals surface area contributed by atoms with Gasteiger partial charge >= 0.3 is 0 Å². The van der Waals surface area contributed by atoms with Crippen molar-refractivity contribution in [2.75, 3.05) is 0 Å². The average molecular weight is 344 g/mol. The third-order valence-corrected chi connectivity index (χ3v) is 5.52. The van der Waals surface area contributed by atoms with Gasteiger partial charge in [-0.1, -0.05) is 26.2 Å². The molecule has 0 saturated heterocycles. The molecule has 6 heteroatoms. The lowest BCUT2D eigenvalue weighted by Crippen LogP contribution is -2.38. The van der Waals surface area contributed by atoms with Crippen molar-refractivity contribution in [3.8, 4) is 10.7 Å². The summed E-state index contributed by atoms with van der Waals surface area (Å²) in [5, 5.41) is 5.98. The van der Waals surface area contributed by atoms with E-state index in [-0.39, 0.29) is 5.91 Å². The summed E-state index contributed by atoms with van der Waals surface area (Å²) in [6.07, 6.45) is 12.6. The van der Waals surface area contributed by atoms with Crippen LogP contribution in [0.25, 0.3) is 10.7 Å². The van der Waals surface area contributed by atoms with E-state index in [1.807, 2.05) is 5.38 Å². The molecule has 2 unspecified atom stereocenters. The number of carbonyl (C=O) groups is 1. The largest absolute Gasteiger partial charge is 0.353 e. The zero-order valence-corrected chi connectivity index (χ0v) is 14.9. The number of hydrogen-bond donors (Lipinski definition) is 1. The first-order chi connectivity index (χ1) is 11.8. The number of amides is 1. The second-order valence-electron chi connectivity index (χ2n) is 6.42. The van der Waals surface area contributed by atoms with Gasteiger partial charge in [0.25, 0.3) is 0 Å². The predicted molar refractivity (Wildman–Crippen MR) is 95.6 cm³/mol. The van der Waals surface area contributed by atoms with E-state index in [4.69, 9.17) is 0 Å². The van der Waals surface area contributed by atoms with E-state index in [1.54, 1.807) is 18.6 Å². The molecule has 5 nitrogen and oxygen atoms in total. The Kier molecular flexibility index (Phi) is 5.91. The molecule has 0 aliphatic heterocycles. The van der Waals surface area contributed by atoms with Crippen LogP contribution in [0.5, 0.6) is 0 Å². The first-order valence-electron chi connectivity index (χ1n) is 8.76. The van der Waals surface area contributed by atoms with Gasteiger partial charge in [-0.3, -0.25) is 14.8 Å². The maximum absolute atomic E-state index is 12.4. The van der Waals surface area contributed by atoms with Crippen molar-refractivity contribution < 1.29 is 4.79 Å². The SMILES string of the molecule is CCCCC1CCCC1NC(=O)Cc1csc(-c2cnccn2)n1. The molecule has 1 fully saturated rings. The fourth-order valence-electron chi connectivity index (χ4n) is 3.38. The highest BCUT2D eigenvalue weighted by Crippen LogP contribution is 2.30. The van der Waals surface area contributed by atoms with Crippen molar-refractivity contribution in [1.82, 2.24) is 20.3 Å². The summed E-state index contributed by atoms with van der Waals surface area (Å²) in [7, 11) is 0. The lowest BCUT2D eigenvalue weighted by Gasteiger charge is -2.20. The minimum Gasteiger partial charge on any atom is -0.353 e. The highest BCUT2D eigenvalue weighted by atomic mass is 32.1. The van der Waals surface area contributed by atoms with Crippen LogP contribution in [-0.2, 0) is 11.2 Å². The second kappa shape index (κ2) is 8.33. The Labute approximate surface area is 147 Å². The topological polar surface area (TPSA) is 67.8 Å². The molecule has 2 aromatic heterocycles. The molecular formula is C18H24N4OS. The van der Waals surface area contributed by atoms with Crippen LogP contribution in [-0.4, -0.2) is 26.9 Å². The van der Waals surface area contributed by atoms with E-state index in [0.717, 1.165) is 22.8 Å². The summed E-state index contributed by atoms with van der Waals surface area (Å²) in [4.78, 5) is 25.2. The summed E-state index contributed by atoms with van der Waals surface area (Å²) in [6.45, 7) is 2.22. The van der Waals surface area contributed by atoms with E-state index < -0.39 is 0 Å². The minimum atomic E-state index is 0.0828. The molecule has 0 aromatic carbocycles. The van der Waals surface area contributed by atoms with Crippen molar-refractivity contribution in [1.29, 1.82) is 0 Å². The van der Waals surface area contributed by atoms with Crippen molar-refractivity contribution in [3.05, 3.63) is 29.7 Å². The summed E-state index contributed by atoms with van der Waals surface area (Å²) in [6, 6.07) is 0.349. The Balaban J connectivity index is 1.54. The second-order valence-corrected chi connectivity index (χ2v) is 7.28. The van der Waals surface area contributed by atoms with E-state index in [0.29, 0.717) is 18.4 Å². The molecule has 0 radical (unpaired) electrons. The molecular weight excluding hydrogens is 320 g/mol. The van der Waals surface area contributed by atoms with Crippen molar-refractivity contribution in [2.45, 2.75) is 57.9 Å². The van der Waals surface area contributed by atoms with Gasteiger partial charge in [-0.2, -0.15) is 0 Å². The Bertz CT molecular complexity index is 658. The lowest BCUT2D eigenvalue weighted by molar-refractivity contribution is -0.121. The van der Waals surface area contributed by atoms with Crippen LogP contribution in [0.2, 0.25) is 0 Å². The number of unbranched alkanes of at least 4 members (excludes halogenated alkanes) is 1. The smallest absolute Gasteiger partial charge is 0.226 e. The maximum atomic E-state index is 12.4. The summed E-state index contributed by atoms with van der Waals surface area (Å²) < 4.78 is 0. The Morgan fingerprint density at radius 2 is 2.29 bits per heavy atom. The number of nitrogens with one attached hydrogen (secondary N) is 1. The molecule has 0 bridgehead atoms. The van der Waals surface area contributed by atoms with Crippen molar-refractivity contribution >= 4 is 17.2 Å². The highest BCUT2D eigenvalue weighted by molar-refractivity contribution is 7.13. The van der Waals surface area contributed by atoms with Crippen LogP contribution in [0.15, 0.2) is 24.0 Å². The zero-order chi connectivity index (χ0) is 16.8. The molecule has 128 valence electrons. The van der Waals surface area contributed by atoms with Gasteiger partial charge in [0, 0.05) is 23.8 Å². The predicted octanol–water partition coefficient (Wildman–Crippen LogP) is 3.62. The number of thiazole rings is 1. The first kappa shape index (κ1) is 17.0. The number of carbonyl (C=O) groups excluding carboxylic acids is 1. The number of aromatic nitrogens is 3. The highest BCUT2D eigenvalue weighted by Gasteiger charge is 2.28. The van der Waals surface area contributed by atoms with Crippen LogP contribution in [0.1, 0.15) is 51.1 Å². The number of rotatable bonds is 7. The fraction of sp³-hybridized carbons (Fsp3) is 0.556. The van der Waals surface area contributed by atoms with Gasteiger partial charge in [-0.15, -0.1) is 11.3 Å². The van der Waals surface area contributed by atoms with E-state index >= 15 is 0 Å². The molecule has 2 heterocycles. The maximum Gasteiger partial charge on any atom is 0.226 e. The van der Waals surface area contributed by atoms with Crippen LogP contribution < -0.4 is 5.32 Å². The van der Waals surface area contributed by atoms with Gasteiger partial charge in [-0.25, -0.2) is 4.98 Å². The van der Waals surface area contributed by atoms with Gasteiger partial charge in [0.1, 0.15) is 10.7 Å². The van der Waals surface area contributed by atoms with E-state index in [1.165, 1.54) is 43.4 Å². The fourth-order valence-corrected chi connectivity index (χ4v) is 4.16. The van der Waals surface area contributed by atoms with Crippen LogP contribution >= 0.6 is 11.3 Å². The van der Waals surface area contributed by atoms with Gasteiger partial charge in [-0.05, 0) is 25.2 Å². The summed E-state index contributed by atoms with van der Waals surface area (Å²) in [5.41, 5.74) is 1.56. The Morgan fingerprint density at radius 3 is 3.08 bits per heavy atom. The third-order valence-electron chi connectivity index (χ3n) is 4.61. The quantitative estimate of drug-likeness (QED) is 0.833. The molecule has 0 spiro atoms.